The molecule has 2 heterocycles. The molecule has 0 spiro atoms. The highest BCUT2D eigenvalue weighted by Crippen LogP contribution is 2.44. The second kappa shape index (κ2) is 9.07. The summed E-state index contributed by atoms with van der Waals surface area (Å²) < 4.78 is 10.7. The van der Waals surface area contributed by atoms with E-state index in [0.29, 0.717) is 34.4 Å². The van der Waals surface area contributed by atoms with Crippen molar-refractivity contribution in [1.82, 2.24) is 4.98 Å². The van der Waals surface area contributed by atoms with Gasteiger partial charge in [0.1, 0.15) is 17.3 Å². The number of aliphatic hydroxyl groups is 1. The molecule has 7 nitrogen and oxygen atoms in total. The summed E-state index contributed by atoms with van der Waals surface area (Å²) in [5.41, 5.74) is 1.88. The molecule has 0 bridgehead atoms. The first kappa shape index (κ1) is 22.5. The zero-order valence-electron chi connectivity index (χ0n) is 18.8. The van der Waals surface area contributed by atoms with Crippen LogP contribution in [0.15, 0.2) is 54.1 Å². The molecule has 0 radical (unpaired) electrons. The Bertz CT molecular complexity index is 1210. The maximum atomic E-state index is 13.2. The van der Waals surface area contributed by atoms with Crippen LogP contribution >= 0.6 is 11.3 Å². The number of hydrogen-bond acceptors (Lipinski definition) is 7. The number of aliphatic hydroxyl groups excluding tert-OH is 1. The lowest BCUT2D eigenvalue weighted by Crippen LogP contribution is -2.29. The average Bonchev–Trinajstić information content (AvgIpc) is 3.29. The minimum Gasteiger partial charge on any atom is -0.507 e. The molecule has 1 N–H and O–H groups in total. The molecule has 0 aliphatic carbocycles. The van der Waals surface area contributed by atoms with Crippen molar-refractivity contribution in [2.24, 2.45) is 0 Å². The zero-order valence-corrected chi connectivity index (χ0v) is 19.6. The molecule has 0 unspecified atom stereocenters. The van der Waals surface area contributed by atoms with E-state index in [2.05, 4.69) is 4.98 Å². The number of hydrogen-bond donors (Lipinski definition) is 1. The van der Waals surface area contributed by atoms with E-state index in [-0.39, 0.29) is 11.3 Å². The van der Waals surface area contributed by atoms with Gasteiger partial charge in [0.2, 0.25) is 0 Å². The fourth-order valence-electron chi connectivity index (χ4n) is 3.72. The third-order valence-corrected chi connectivity index (χ3v) is 6.61. The number of aryl methyl sites for hydroxylation is 2. The first-order valence-corrected chi connectivity index (χ1v) is 11.3. The summed E-state index contributed by atoms with van der Waals surface area (Å²) in [6.07, 6.45) is 0. The van der Waals surface area contributed by atoms with E-state index < -0.39 is 17.7 Å². The SMILES string of the molecule is CCOc1ccc([C@@H]2C(=C(O)c3ccc(OC)cc3)C(=O)C(=O)N2c2nc(C)c(C)s2)cc1. The maximum absolute atomic E-state index is 13.2. The van der Waals surface area contributed by atoms with Crippen LogP contribution in [-0.4, -0.2) is 35.5 Å². The van der Waals surface area contributed by atoms with Gasteiger partial charge in [-0.2, -0.15) is 0 Å². The predicted octanol–water partition coefficient (Wildman–Crippen LogP) is 4.79. The minimum atomic E-state index is -0.826. The molecule has 2 aromatic carbocycles. The minimum absolute atomic E-state index is 0.0137. The third kappa shape index (κ3) is 4.09. The number of thiazole rings is 1. The average molecular weight is 465 g/mol. The maximum Gasteiger partial charge on any atom is 0.301 e. The van der Waals surface area contributed by atoms with Gasteiger partial charge >= 0.3 is 5.91 Å². The second-order valence-electron chi connectivity index (χ2n) is 7.54. The van der Waals surface area contributed by atoms with Crippen molar-refractivity contribution in [3.8, 4) is 11.5 Å². The first-order chi connectivity index (χ1) is 15.8. The van der Waals surface area contributed by atoms with Crippen molar-refractivity contribution in [2.45, 2.75) is 26.8 Å². The largest absolute Gasteiger partial charge is 0.507 e. The Hall–Kier alpha value is -3.65. The van der Waals surface area contributed by atoms with Crippen LogP contribution in [0.2, 0.25) is 0 Å². The highest BCUT2D eigenvalue weighted by molar-refractivity contribution is 7.16. The number of rotatable bonds is 6. The van der Waals surface area contributed by atoms with Gasteiger partial charge in [0.15, 0.2) is 5.13 Å². The molecule has 1 amide bonds. The Kier molecular flexibility index (Phi) is 6.20. The number of ether oxygens (including phenoxy) is 2. The van der Waals surface area contributed by atoms with Gasteiger partial charge in [-0.1, -0.05) is 12.1 Å². The third-order valence-electron chi connectivity index (χ3n) is 5.54. The van der Waals surface area contributed by atoms with Gasteiger partial charge in [-0.15, -0.1) is 11.3 Å². The molecule has 1 saturated heterocycles. The molecule has 1 aliphatic heterocycles. The number of nitrogens with zero attached hydrogens (tertiary/aromatic N) is 2. The fraction of sp³-hybridized carbons (Fsp3) is 0.240. The Morgan fingerprint density at radius 1 is 1.06 bits per heavy atom. The van der Waals surface area contributed by atoms with Gasteiger partial charge in [0, 0.05) is 10.4 Å². The first-order valence-electron chi connectivity index (χ1n) is 10.5. The Morgan fingerprint density at radius 3 is 2.24 bits per heavy atom. The monoisotopic (exact) mass is 464 g/mol. The number of carbonyl (C=O) groups excluding carboxylic acids is 2. The van der Waals surface area contributed by atoms with Crippen LogP contribution in [0.1, 0.15) is 34.7 Å². The molecule has 1 aromatic heterocycles. The fourth-order valence-corrected chi connectivity index (χ4v) is 4.66. The van der Waals surface area contributed by atoms with E-state index in [1.165, 1.54) is 16.2 Å². The van der Waals surface area contributed by atoms with Crippen LogP contribution in [-0.2, 0) is 9.59 Å². The van der Waals surface area contributed by atoms with Gasteiger partial charge < -0.3 is 14.6 Å². The zero-order chi connectivity index (χ0) is 23.7. The van der Waals surface area contributed by atoms with Gasteiger partial charge in [0.05, 0.1) is 31.0 Å². The molecule has 3 aromatic rings. The number of amides is 1. The van der Waals surface area contributed by atoms with Gasteiger partial charge in [-0.25, -0.2) is 4.98 Å². The summed E-state index contributed by atoms with van der Waals surface area (Å²) in [7, 11) is 1.55. The lowest BCUT2D eigenvalue weighted by Gasteiger charge is -2.23. The quantitative estimate of drug-likeness (QED) is 0.320. The highest BCUT2D eigenvalue weighted by atomic mass is 32.1. The molecule has 170 valence electrons. The summed E-state index contributed by atoms with van der Waals surface area (Å²) in [5.74, 6) is -0.439. The number of anilines is 1. The van der Waals surface area contributed by atoms with Gasteiger partial charge in [-0.05, 0) is 62.7 Å². The van der Waals surface area contributed by atoms with Crippen LogP contribution in [0.4, 0.5) is 5.13 Å². The van der Waals surface area contributed by atoms with E-state index in [4.69, 9.17) is 9.47 Å². The Labute approximate surface area is 195 Å². The molecule has 33 heavy (non-hydrogen) atoms. The molecule has 0 saturated carbocycles. The summed E-state index contributed by atoms with van der Waals surface area (Å²) in [4.78, 5) is 33.2. The van der Waals surface area contributed by atoms with Crippen LogP contribution in [0.5, 0.6) is 11.5 Å². The van der Waals surface area contributed by atoms with Crippen molar-refractivity contribution in [3.05, 3.63) is 75.8 Å². The predicted molar refractivity (Wildman–Crippen MR) is 127 cm³/mol. The normalized spacial score (nSPS) is 17.5. The lowest BCUT2D eigenvalue weighted by atomic mass is 9.95. The number of ketones is 1. The van der Waals surface area contributed by atoms with Crippen LogP contribution in [0.25, 0.3) is 5.76 Å². The van der Waals surface area contributed by atoms with E-state index in [0.717, 1.165) is 10.6 Å². The smallest absolute Gasteiger partial charge is 0.301 e. The van der Waals surface area contributed by atoms with E-state index >= 15 is 0 Å². The van der Waals surface area contributed by atoms with Crippen molar-refractivity contribution in [2.75, 3.05) is 18.6 Å². The molecular formula is C25H24N2O5S. The molecule has 1 atom stereocenters. The number of Topliss-reactive ketones (excluding diaryl/α,β-unsaturated/α-hetero) is 1. The van der Waals surface area contributed by atoms with Gasteiger partial charge in [-0.3, -0.25) is 14.5 Å². The Morgan fingerprint density at radius 2 is 1.70 bits per heavy atom. The molecule has 1 aliphatic rings. The molecule has 4 rings (SSSR count). The summed E-state index contributed by atoms with van der Waals surface area (Å²) >= 11 is 1.34. The van der Waals surface area contributed by atoms with E-state index in [9.17, 15) is 14.7 Å². The number of methoxy groups -OCH3 is 1. The summed E-state index contributed by atoms with van der Waals surface area (Å²) in [5, 5.41) is 11.6. The Balaban J connectivity index is 1.89. The van der Waals surface area contributed by atoms with Crippen LogP contribution < -0.4 is 14.4 Å². The lowest BCUT2D eigenvalue weighted by molar-refractivity contribution is -0.132. The van der Waals surface area contributed by atoms with E-state index in [1.807, 2.05) is 20.8 Å². The van der Waals surface area contributed by atoms with Crippen molar-refractivity contribution in [1.29, 1.82) is 0 Å². The number of benzene rings is 2. The number of aromatic nitrogens is 1. The summed E-state index contributed by atoms with van der Waals surface area (Å²) in [6.45, 7) is 6.18. The highest BCUT2D eigenvalue weighted by Gasteiger charge is 2.48. The molecular weight excluding hydrogens is 440 g/mol. The van der Waals surface area contributed by atoms with Gasteiger partial charge in [0.25, 0.3) is 5.78 Å². The second-order valence-corrected chi connectivity index (χ2v) is 8.72. The van der Waals surface area contributed by atoms with Crippen molar-refractivity contribution in [3.63, 3.8) is 0 Å². The van der Waals surface area contributed by atoms with Crippen molar-refractivity contribution >= 4 is 33.9 Å². The van der Waals surface area contributed by atoms with Crippen molar-refractivity contribution < 1.29 is 24.2 Å². The summed E-state index contributed by atoms with van der Waals surface area (Å²) in [6, 6.07) is 13.0. The number of carbonyl (C=O) groups is 2. The topological polar surface area (TPSA) is 89.0 Å². The molecule has 1 fully saturated rings. The molecule has 8 heteroatoms. The van der Waals surface area contributed by atoms with Crippen LogP contribution in [0, 0.1) is 13.8 Å². The standard InChI is InChI=1S/C25H24N2O5S/c1-5-32-19-12-6-16(7-13-19)21-20(22(28)17-8-10-18(31-4)11-9-17)23(29)24(30)27(21)25-26-14(2)15(3)33-25/h6-13,21,28H,5H2,1-4H3/t21-/m1/s1. The van der Waals surface area contributed by atoms with E-state index in [1.54, 1.807) is 55.6 Å². The van der Waals surface area contributed by atoms with Crippen LogP contribution in [0.3, 0.4) is 0 Å².